The Morgan fingerprint density at radius 1 is 1.08 bits per heavy atom. The van der Waals surface area contributed by atoms with E-state index in [1.165, 1.54) is 20.2 Å². The molecule has 2 aromatic carbocycles. The van der Waals surface area contributed by atoms with Crippen molar-refractivity contribution in [3.05, 3.63) is 70.8 Å². The molecule has 0 unspecified atom stereocenters. The fourth-order valence-electron chi connectivity index (χ4n) is 2.37. The number of esters is 1. The van der Waals surface area contributed by atoms with Crippen LogP contribution in [0.5, 0.6) is 0 Å². The lowest BCUT2D eigenvalue weighted by atomic mass is 10.1. The Balaban J connectivity index is 2.11. The molecule has 0 aliphatic heterocycles. The second-order valence-electron chi connectivity index (χ2n) is 5.51. The van der Waals surface area contributed by atoms with Gasteiger partial charge in [0, 0.05) is 19.2 Å². The molecule has 0 saturated heterocycles. The number of nitrogens with one attached hydrogen (secondary N) is 2. The summed E-state index contributed by atoms with van der Waals surface area (Å²) in [5, 5.41) is 2.51. The fourth-order valence-corrected chi connectivity index (χ4v) is 3.52. The van der Waals surface area contributed by atoms with Gasteiger partial charge in [-0.2, -0.15) is 0 Å². The van der Waals surface area contributed by atoms with Gasteiger partial charge in [-0.3, -0.25) is 4.79 Å². The van der Waals surface area contributed by atoms with E-state index in [1.54, 1.807) is 42.5 Å². The molecule has 0 aliphatic carbocycles. The maximum atomic E-state index is 12.4. The van der Waals surface area contributed by atoms with Crippen LogP contribution in [0.4, 0.5) is 0 Å². The van der Waals surface area contributed by atoms with Gasteiger partial charge in [-0.25, -0.2) is 17.9 Å². The van der Waals surface area contributed by atoms with Crippen LogP contribution >= 0.6 is 0 Å². The summed E-state index contributed by atoms with van der Waals surface area (Å²) in [6.45, 7) is 0.0353. The van der Waals surface area contributed by atoms with Crippen LogP contribution in [0.3, 0.4) is 0 Å². The van der Waals surface area contributed by atoms with Gasteiger partial charge in [0.2, 0.25) is 10.0 Å². The largest absolute Gasteiger partial charge is 0.465 e. The number of carbonyl (C=O) groups is 2. The van der Waals surface area contributed by atoms with Gasteiger partial charge in [-0.05, 0) is 29.3 Å². The molecule has 0 radical (unpaired) electrons. The number of benzene rings is 2. The summed E-state index contributed by atoms with van der Waals surface area (Å²) >= 11 is 0. The summed E-state index contributed by atoms with van der Waals surface area (Å²) in [6.07, 6.45) is 0. The first kappa shape index (κ1) is 19.6. The zero-order valence-electron chi connectivity index (χ0n) is 14.5. The van der Waals surface area contributed by atoms with Crippen LogP contribution < -0.4 is 10.0 Å². The number of rotatable bonds is 7. The van der Waals surface area contributed by atoms with Crippen LogP contribution in [0.15, 0.2) is 48.5 Å². The monoisotopic (exact) mass is 376 g/mol. The lowest BCUT2D eigenvalue weighted by Gasteiger charge is -2.10. The Kier molecular flexibility index (Phi) is 6.48. The van der Waals surface area contributed by atoms with Gasteiger partial charge in [0.25, 0.3) is 5.91 Å². The molecule has 26 heavy (non-hydrogen) atoms. The van der Waals surface area contributed by atoms with Crippen molar-refractivity contribution in [2.75, 3.05) is 14.2 Å². The Hall–Kier alpha value is -2.71. The van der Waals surface area contributed by atoms with E-state index in [4.69, 9.17) is 0 Å². The average molecular weight is 376 g/mol. The van der Waals surface area contributed by atoms with Crippen molar-refractivity contribution in [3.63, 3.8) is 0 Å². The van der Waals surface area contributed by atoms with Gasteiger partial charge in [-0.1, -0.05) is 30.3 Å². The lowest BCUT2D eigenvalue weighted by molar-refractivity contribution is 0.0599. The van der Waals surface area contributed by atoms with Crippen LogP contribution in [-0.4, -0.2) is 34.5 Å². The molecular formula is C18H20N2O5S. The minimum Gasteiger partial charge on any atom is -0.465 e. The van der Waals surface area contributed by atoms with Gasteiger partial charge in [0.15, 0.2) is 0 Å². The van der Waals surface area contributed by atoms with Gasteiger partial charge in [0.05, 0.1) is 18.4 Å². The first-order chi connectivity index (χ1) is 12.4. The third-order valence-electron chi connectivity index (χ3n) is 3.68. The van der Waals surface area contributed by atoms with E-state index in [9.17, 15) is 18.0 Å². The number of hydrogen-bond acceptors (Lipinski definition) is 5. The molecule has 0 fully saturated rings. The van der Waals surface area contributed by atoms with Crippen molar-refractivity contribution in [2.45, 2.75) is 12.3 Å². The summed E-state index contributed by atoms with van der Waals surface area (Å²) in [5.74, 6) is -1.19. The van der Waals surface area contributed by atoms with Crippen LogP contribution in [0.2, 0.25) is 0 Å². The van der Waals surface area contributed by atoms with E-state index in [-0.39, 0.29) is 23.8 Å². The molecule has 0 aromatic heterocycles. The molecule has 0 heterocycles. The van der Waals surface area contributed by atoms with Gasteiger partial charge in [0.1, 0.15) is 0 Å². The van der Waals surface area contributed by atoms with Crippen LogP contribution in [0.25, 0.3) is 0 Å². The quantitative estimate of drug-likeness (QED) is 0.712. The Bertz CT molecular complexity index is 909. The van der Waals surface area contributed by atoms with E-state index in [0.717, 1.165) is 0 Å². The third-order valence-corrected chi connectivity index (χ3v) is 4.96. The van der Waals surface area contributed by atoms with Crippen molar-refractivity contribution >= 4 is 21.9 Å². The van der Waals surface area contributed by atoms with Crippen molar-refractivity contribution < 1.29 is 22.7 Å². The lowest BCUT2D eigenvalue weighted by Crippen LogP contribution is -2.26. The van der Waals surface area contributed by atoms with E-state index >= 15 is 0 Å². The Morgan fingerprint density at radius 3 is 2.50 bits per heavy atom. The normalized spacial score (nSPS) is 11.0. The number of carbonyl (C=O) groups excluding carboxylic acids is 2. The Morgan fingerprint density at radius 2 is 1.81 bits per heavy atom. The maximum absolute atomic E-state index is 12.4. The van der Waals surface area contributed by atoms with Crippen LogP contribution in [0, 0.1) is 0 Å². The van der Waals surface area contributed by atoms with E-state index in [2.05, 4.69) is 14.8 Å². The highest BCUT2D eigenvalue weighted by atomic mass is 32.2. The molecule has 2 N–H and O–H groups in total. The number of hydrogen-bond donors (Lipinski definition) is 2. The predicted octanol–water partition coefficient (Wildman–Crippen LogP) is 1.45. The molecule has 0 bridgehead atoms. The van der Waals surface area contributed by atoms with Crippen LogP contribution in [-0.2, 0) is 27.1 Å². The van der Waals surface area contributed by atoms with Gasteiger partial charge in [-0.15, -0.1) is 0 Å². The third kappa shape index (κ3) is 5.14. The zero-order valence-corrected chi connectivity index (χ0v) is 15.3. The van der Waals surface area contributed by atoms with E-state index < -0.39 is 16.0 Å². The SMILES string of the molecule is CNC(=O)c1cccc(CNS(=O)(=O)Cc2ccccc2C(=O)OC)c1. The summed E-state index contributed by atoms with van der Waals surface area (Å²) in [6, 6.07) is 13.0. The zero-order chi connectivity index (χ0) is 19.2. The maximum Gasteiger partial charge on any atom is 0.338 e. The molecule has 0 spiro atoms. The standard InChI is InChI=1S/C18H20N2O5S/c1-19-17(21)14-8-5-6-13(10-14)11-20-26(23,24)12-15-7-3-4-9-16(15)18(22)25-2/h3-10,20H,11-12H2,1-2H3,(H,19,21). The molecule has 1 amide bonds. The predicted molar refractivity (Wildman–Crippen MR) is 97.1 cm³/mol. The number of methoxy groups -OCH3 is 1. The van der Waals surface area contributed by atoms with E-state index in [1.807, 2.05) is 0 Å². The number of amides is 1. The van der Waals surface area contributed by atoms with Crippen LogP contribution in [0.1, 0.15) is 31.8 Å². The molecule has 0 aliphatic rings. The highest BCUT2D eigenvalue weighted by Crippen LogP contribution is 2.14. The second kappa shape index (κ2) is 8.59. The Labute approximate surface area is 152 Å². The summed E-state index contributed by atoms with van der Waals surface area (Å²) < 4.78 is 31.9. The highest BCUT2D eigenvalue weighted by Gasteiger charge is 2.18. The van der Waals surface area contributed by atoms with Crippen molar-refractivity contribution in [2.24, 2.45) is 0 Å². The van der Waals surface area contributed by atoms with E-state index in [0.29, 0.717) is 16.7 Å². The molecule has 7 nitrogen and oxygen atoms in total. The summed E-state index contributed by atoms with van der Waals surface area (Å²) in [5.41, 5.74) is 1.66. The minimum atomic E-state index is -3.69. The molecule has 2 rings (SSSR count). The van der Waals surface area contributed by atoms with Gasteiger partial charge >= 0.3 is 5.97 Å². The van der Waals surface area contributed by atoms with Crippen molar-refractivity contribution in [3.8, 4) is 0 Å². The number of sulfonamides is 1. The first-order valence-corrected chi connectivity index (χ1v) is 9.46. The van der Waals surface area contributed by atoms with Crippen molar-refractivity contribution in [1.29, 1.82) is 0 Å². The summed E-state index contributed by atoms with van der Waals surface area (Å²) in [7, 11) is -0.928. The topological polar surface area (TPSA) is 102 Å². The number of ether oxygens (including phenoxy) is 1. The molecule has 8 heteroatoms. The second-order valence-corrected chi connectivity index (χ2v) is 7.32. The van der Waals surface area contributed by atoms with Gasteiger partial charge < -0.3 is 10.1 Å². The van der Waals surface area contributed by atoms with Crippen molar-refractivity contribution in [1.82, 2.24) is 10.0 Å². The smallest absolute Gasteiger partial charge is 0.338 e. The molecule has 0 atom stereocenters. The molecule has 138 valence electrons. The summed E-state index contributed by atoms with van der Waals surface area (Å²) in [4.78, 5) is 23.4. The molecule has 2 aromatic rings. The molecule has 0 saturated carbocycles. The highest BCUT2D eigenvalue weighted by molar-refractivity contribution is 7.88. The molecular weight excluding hydrogens is 356 g/mol. The minimum absolute atomic E-state index is 0.0353. The fraction of sp³-hybridized carbons (Fsp3) is 0.222. The first-order valence-electron chi connectivity index (χ1n) is 7.81. The average Bonchev–Trinajstić information content (AvgIpc) is 2.65.